The largest absolute Gasteiger partial charge is 0.456 e. The minimum atomic E-state index is -0.576. The number of nitrogens with one attached hydrogen (secondary N) is 1. The molecule has 1 aliphatic carbocycles. The van der Waals surface area contributed by atoms with Gasteiger partial charge in [0.15, 0.2) is 6.17 Å². The molecule has 0 bridgehead atoms. The van der Waals surface area contributed by atoms with Gasteiger partial charge < -0.3 is 10.1 Å². The van der Waals surface area contributed by atoms with Crippen LogP contribution in [0.1, 0.15) is 45.1 Å². The average molecular weight is 692 g/mol. The van der Waals surface area contributed by atoms with Crippen molar-refractivity contribution in [1.82, 2.24) is 5.32 Å². The Labute approximate surface area is 313 Å². The summed E-state index contributed by atoms with van der Waals surface area (Å²) in [6.45, 7) is 0. The van der Waals surface area contributed by atoms with Crippen molar-refractivity contribution in [3.8, 4) is 33.8 Å². The lowest BCUT2D eigenvalue weighted by molar-refractivity contribution is 0.426. The number of hydrogen-bond acceptors (Lipinski definition) is 4. The Hall–Kier alpha value is -7.04. The van der Waals surface area contributed by atoms with Crippen molar-refractivity contribution in [2.24, 2.45) is 9.98 Å². The first kappa shape index (κ1) is 30.6. The Morgan fingerprint density at radius 3 is 1.67 bits per heavy atom. The van der Waals surface area contributed by atoms with Gasteiger partial charge in [0, 0.05) is 27.8 Å². The van der Waals surface area contributed by atoms with Gasteiger partial charge in [0.1, 0.15) is 23.2 Å². The summed E-state index contributed by atoms with van der Waals surface area (Å²) in [5.41, 5.74) is 12.0. The standard InChI is InChI=1S/C50H33N3O/c1-3-16-32(17-4-1)34-30-31-39(36-21-8-7-20-35(34)36)48-51-47(33-18-5-2-6-19-33)52-49(53-48)40-24-15-28-44-46(40)54-45-29-14-13-27-43(45)50(44)41-25-11-9-22-37(41)38-23-10-12-26-42(38)50/h1-31,49H,(H,51,52,53). The zero-order chi connectivity index (χ0) is 35.6. The monoisotopic (exact) mass is 691 g/mol. The SMILES string of the molecule is c1ccc(C2=NC(c3cccc4c3Oc3ccccc3C43c4ccccc4-c4ccccc43)N=C(c3ccc(-c4ccccc4)c4ccccc34)N2)cc1. The molecule has 1 atom stereocenters. The molecule has 4 heteroatoms. The topological polar surface area (TPSA) is 46.0 Å². The van der Waals surface area contributed by atoms with Gasteiger partial charge in [-0.05, 0) is 50.2 Å². The van der Waals surface area contributed by atoms with Crippen molar-refractivity contribution in [1.29, 1.82) is 0 Å². The van der Waals surface area contributed by atoms with Crippen LogP contribution in [0.5, 0.6) is 11.5 Å². The number of amidine groups is 2. The minimum absolute atomic E-state index is 0.567. The number of rotatable bonds is 4. The lowest BCUT2D eigenvalue weighted by Gasteiger charge is -2.40. The molecule has 8 aromatic rings. The molecule has 0 saturated carbocycles. The summed E-state index contributed by atoms with van der Waals surface area (Å²) in [5.74, 6) is 3.18. The van der Waals surface area contributed by atoms with Gasteiger partial charge in [-0.25, -0.2) is 9.98 Å². The van der Waals surface area contributed by atoms with Crippen LogP contribution < -0.4 is 10.1 Å². The summed E-state index contributed by atoms with van der Waals surface area (Å²) in [6, 6.07) is 66.5. The van der Waals surface area contributed by atoms with Crippen LogP contribution in [-0.2, 0) is 5.41 Å². The molecule has 8 aromatic carbocycles. The number of hydrogen-bond donors (Lipinski definition) is 1. The third kappa shape index (κ3) is 4.44. The molecule has 11 rings (SSSR count). The first-order chi connectivity index (χ1) is 26.8. The van der Waals surface area contributed by atoms with Crippen molar-refractivity contribution in [3.63, 3.8) is 0 Å². The van der Waals surface area contributed by atoms with E-state index in [4.69, 9.17) is 14.7 Å². The van der Waals surface area contributed by atoms with E-state index in [1.807, 2.05) is 18.2 Å². The Bertz CT molecular complexity index is 2790. The fourth-order valence-corrected chi connectivity index (χ4v) is 8.95. The van der Waals surface area contributed by atoms with E-state index in [0.717, 1.165) is 56.4 Å². The molecule has 2 aliphatic heterocycles. The highest BCUT2D eigenvalue weighted by molar-refractivity contribution is 6.21. The molecule has 1 unspecified atom stereocenters. The van der Waals surface area contributed by atoms with Gasteiger partial charge in [0.2, 0.25) is 0 Å². The predicted octanol–water partition coefficient (Wildman–Crippen LogP) is 11.5. The first-order valence-electron chi connectivity index (χ1n) is 18.4. The van der Waals surface area contributed by atoms with Crippen LogP contribution in [0.2, 0.25) is 0 Å². The summed E-state index contributed by atoms with van der Waals surface area (Å²) in [5, 5.41) is 5.96. The molecular weight excluding hydrogens is 659 g/mol. The quantitative estimate of drug-likeness (QED) is 0.200. The molecule has 0 fully saturated rings. The Kier molecular flexibility index (Phi) is 6.80. The van der Waals surface area contributed by atoms with E-state index in [1.54, 1.807) is 0 Å². The van der Waals surface area contributed by atoms with Crippen molar-refractivity contribution in [2.75, 3.05) is 0 Å². The molecule has 0 aromatic heterocycles. The molecule has 4 nitrogen and oxygen atoms in total. The maximum atomic E-state index is 7.04. The van der Waals surface area contributed by atoms with Gasteiger partial charge in [-0.2, -0.15) is 0 Å². The number of aliphatic imine (C=N–C) groups is 2. The van der Waals surface area contributed by atoms with Crippen LogP contribution in [0, 0.1) is 0 Å². The van der Waals surface area contributed by atoms with Crippen LogP contribution in [-0.4, -0.2) is 11.7 Å². The number of fused-ring (bicyclic) bond motifs is 10. The summed E-state index contributed by atoms with van der Waals surface area (Å²) in [4.78, 5) is 10.8. The third-order valence-corrected chi connectivity index (χ3v) is 11.2. The van der Waals surface area contributed by atoms with E-state index in [0.29, 0.717) is 0 Å². The van der Waals surface area contributed by atoms with Crippen LogP contribution in [0.3, 0.4) is 0 Å². The van der Waals surface area contributed by atoms with Crippen molar-refractivity contribution >= 4 is 22.4 Å². The molecule has 54 heavy (non-hydrogen) atoms. The molecular formula is C50H33N3O. The number of para-hydroxylation sites is 2. The summed E-state index contributed by atoms with van der Waals surface area (Å²) >= 11 is 0. The van der Waals surface area contributed by atoms with Crippen LogP contribution in [0.25, 0.3) is 33.0 Å². The smallest absolute Gasteiger partial charge is 0.173 e. The Morgan fingerprint density at radius 2 is 0.944 bits per heavy atom. The summed E-state index contributed by atoms with van der Waals surface area (Å²) < 4.78 is 7.04. The molecule has 1 spiro atoms. The summed E-state index contributed by atoms with van der Waals surface area (Å²) in [7, 11) is 0. The van der Waals surface area contributed by atoms with Gasteiger partial charge in [-0.3, -0.25) is 0 Å². The fourth-order valence-electron chi connectivity index (χ4n) is 8.95. The van der Waals surface area contributed by atoms with Crippen molar-refractivity contribution in [3.05, 3.63) is 227 Å². The number of ether oxygens (including phenoxy) is 1. The van der Waals surface area contributed by atoms with Crippen LogP contribution in [0.15, 0.2) is 198 Å². The lowest BCUT2D eigenvalue weighted by Crippen LogP contribution is -2.36. The van der Waals surface area contributed by atoms with Crippen LogP contribution in [0.4, 0.5) is 0 Å². The van der Waals surface area contributed by atoms with E-state index < -0.39 is 11.6 Å². The molecule has 254 valence electrons. The second-order valence-electron chi connectivity index (χ2n) is 14.1. The van der Waals surface area contributed by atoms with Crippen LogP contribution >= 0.6 is 0 Å². The molecule has 2 heterocycles. The first-order valence-corrected chi connectivity index (χ1v) is 18.4. The minimum Gasteiger partial charge on any atom is -0.456 e. The van der Waals surface area contributed by atoms with Gasteiger partial charge in [-0.15, -0.1) is 0 Å². The predicted molar refractivity (Wildman–Crippen MR) is 219 cm³/mol. The fraction of sp³-hybridized carbons (Fsp3) is 0.0400. The second kappa shape index (κ2) is 12.0. The third-order valence-electron chi connectivity index (χ3n) is 11.2. The molecule has 1 N–H and O–H groups in total. The van der Waals surface area contributed by atoms with E-state index in [2.05, 4.69) is 175 Å². The van der Waals surface area contributed by atoms with Crippen molar-refractivity contribution in [2.45, 2.75) is 11.6 Å². The molecule has 3 aliphatic rings. The lowest BCUT2D eigenvalue weighted by atomic mass is 9.65. The van der Waals surface area contributed by atoms with Crippen molar-refractivity contribution < 1.29 is 4.74 Å². The normalized spacial score (nSPS) is 15.9. The zero-order valence-electron chi connectivity index (χ0n) is 29.3. The van der Waals surface area contributed by atoms with E-state index >= 15 is 0 Å². The van der Waals surface area contributed by atoms with Gasteiger partial charge in [-0.1, -0.05) is 182 Å². The van der Waals surface area contributed by atoms with Gasteiger partial charge in [0.25, 0.3) is 0 Å². The maximum absolute atomic E-state index is 7.04. The highest BCUT2D eigenvalue weighted by atomic mass is 16.5. The van der Waals surface area contributed by atoms with Gasteiger partial charge in [0.05, 0.1) is 5.41 Å². The van der Waals surface area contributed by atoms with E-state index in [-0.39, 0.29) is 0 Å². The molecule has 0 saturated heterocycles. The Morgan fingerprint density at radius 1 is 0.407 bits per heavy atom. The highest BCUT2D eigenvalue weighted by Crippen LogP contribution is 2.62. The van der Waals surface area contributed by atoms with E-state index in [1.165, 1.54) is 38.8 Å². The van der Waals surface area contributed by atoms with Gasteiger partial charge >= 0.3 is 0 Å². The summed E-state index contributed by atoms with van der Waals surface area (Å²) in [6.07, 6.45) is -0.576. The average Bonchev–Trinajstić information content (AvgIpc) is 3.54. The molecule has 0 amide bonds. The van der Waals surface area contributed by atoms with E-state index in [9.17, 15) is 0 Å². The number of benzene rings is 8. The maximum Gasteiger partial charge on any atom is 0.173 e. The highest BCUT2D eigenvalue weighted by Gasteiger charge is 2.51. The Balaban J connectivity index is 1.15. The molecule has 0 radical (unpaired) electrons. The zero-order valence-corrected chi connectivity index (χ0v) is 29.3. The number of nitrogens with zero attached hydrogens (tertiary/aromatic N) is 2. The second-order valence-corrected chi connectivity index (χ2v) is 14.1.